The Morgan fingerprint density at radius 3 is 2.59 bits per heavy atom. The number of para-hydroxylation sites is 1. The lowest BCUT2D eigenvalue weighted by Crippen LogP contribution is -2.54. The Bertz CT molecular complexity index is 1450. The summed E-state index contributed by atoms with van der Waals surface area (Å²) < 4.78 is 0. The molecule has 1 atom stereocenters. The molecule has 0 saturated carbocycles. The molecule has 1 unspecified atom stereocenters. The Morgan fingerprint density at radius 1 is 1.08 bits per heavy atom. The first-order chi connectivity index (χ1) is 18.1. The third kappa shape index (κ3) is 5.34. The molecule has 2 aromatic carbocycles. The number of amides is 1. The maximum Gasteiger partial charge on any atom is 0.273 e. The van der Waals surface area contributed by atoms with E-state index < -0.39 is 0 Å². The third-order valence-corrected chi connectivity index (χ3v) is 7.18. The van der Waals surface area contributed by atoms with Crippen LogP contribution in [0.15, 0.2) is 89.5 Å². The van der Waals surface area contributed by atoms with E-state index in [0.717, 1.165) is 27.4 Å². The van der Waals surface area contributed by atoms with E-state index in [1.165, 1.54) is 11.3 Å². The van der Waals surface area contributed by atoms with Crippen molar-refractivity contribution in [1.29, 1.82) is 5.26 Å². The van der Waals surface area contributed by atoms with Crippen LogP contribution in [0.2, 0.25) is 0 Å². The molecule has 5 rings (SSSR count). The summed E-state index contributed by atoms with van der Waals surface area (Å²) in [6, 6.07) is 21.3. The monoisotopic (exact) mass is 507 g/mol. The Balaban J connectivity index is 1.44. The van der Waals surface area contributed by atoms with Crippen LogP contribution in [0.4, 0.5) is 5.69 Å². The zero-order chi connectivity index (χ0) is 25.6. The van der Waals surface area contributed by atoms with Gasteiger partial charge in [0.25, 0.3) is 5.91 Å². The van der Waals surface area contributed by atoms with E-state index in [1.807, 2.05) is 95.0 Å². The number of pyridine rings is 1. The second kappa shape index (κ2) is 11.0. The number of rotatable bonds is 4. The summed E-state index contributed by atoms with van der Waals surface area (Å²) in [4.78, 5) is 31.1. The first-order valence-corrected chi connectivity index (χ1v) is 12.8. The summed E-state index contributed by atoms with van der Waals surface area (Å²) in [5, 5.41) is 14.8. The van der Waals surface area contributed by atoms with Gasteiger partial charge in [-0.15, -0.1) is 11.3 Å². The Morgan fingerprint density at radius 2 is 1.84 bits per heavy atom. The summed E-state index contributed by atoms with van der Waals surface area (Å²) in [5.41, 5.74) is 4.18. The smallest absolute Gasteiger partial charge is 0.273 e. The molecular formula is C28H25N7OS. The lowest BCUT2D eigenvalue weighted by Gasteiger charge is -2.42. The highest BCUT2D eigenvalue weighted by molar-refractivity contribution is 7.13. The highest BCUT2D eigenvalue weighted by Gasteiger charge is 2.34. The molecule has 3 heterocycles. The van der Waals surface area contributed by atoms with Crippen molar-refractivity contribution in [2.45, 2.75) is 13.0 Å². The molecule has 184 valence electrons. The number of hydrogen-bond acceptors (Lipinski definition) is 6. The number of thiazole rings is 1. The van der Waals surface area contributed by atoms with E-state index >= 15 is 0 Å². The van der Waals surface area contributed by atoms with Gasteiger partial charge in [0.1, 0.15) is 10.7 Å². The number of aliphatic imine (C=N–C) groups is 1. The fraction of sp³-hybridized carbons (Fsp3) is 0.179. The lowest BCUT2D eigenvalue weighted by atomic mass is 10.0. The van der Waals surface area contributed by atoms with E-state index in [1.54, 1.807) is 12.4 Å². The number of aryl methyl sites for hydroxylation is 1. The van der Waals surface area contributed by atoms with Crippen molar-refractivity contribution in [3.05, 3.63) is 101 Å². The number of nitrogens with zero attached hydrogens (tertiary/aromatic N) is 6. The molecule has 0 spiro atoms. The van der Waals surface area contributed by atoms with Gasteiger partial charge in [-0.05, 0) is 36.2 Å². The Hall–Kier alpha value is -4.55. The second-order valence-corrected chi connectivity index (χ2v) is 9.46. The van der Waals surface area contributed by atoms with Gasteiger partial charge in [0, 0.05) is 43.0 Å². The highest BCUT2D eigenvalue weighted by atomic mass is 32.1. The van der Waals surface area contributed by atoms with Gasteiger partial charge < -0.3 is 9.80 Å². The van der Waals surface area contributed by atoms with Crippen LogP contribution in [-0.2, 0) is 0 Å². The molecule has 1 aliphatic heterocycles. The van der Waals surface area contributed by atoms with E-state index in [2.05, 4.69) is 15.3 Å². The number of benzene rings is 2. The molecule has 1 saturated heterocycles. The predicted octanol–water partition coefficient (Wildman–Crippen LogP) is 4.77. The molecule has 0 bridgehead atoms. The Labute approximate surface area is 219 Å². The largest absolute Gasteiger partial charge is 0.338 e. The summed E-state index contributed by atoms with van der Waals surface area (Å²) in [7, 11) is 0. The fourth-order valence-electron chi connectivity index (χ4n) is 4.36. The summed E-state index contributed by atoms with van der Waals surface area (Å²) in [6.45, 7) is 3.45. The van der Waals surface area contributed by atoms with Crippen molar-refractivity contribution in [2.75, 3.05) is 19.6 Å². The highest BCUT2D eigenvalue weighted by Crippen LogP contribution is 2.30. The van der Waals surface area contributed by atoms with Crippen LogP contribution in [0.1, 0.15) is 27.7 Å². The molecule has 0 radical (unpaired) electrons. The Kier molecular flexibility index (Phi) is 7.19. The average molecular weight is 508 g/mol. The number of piperazine rings is 1. The molecule has 37 heavy (non-hydrogen) atoms. The van der Waals surface area contributed by atoms with Crippen molar-refractivity contribution in [2.24, 2.45) is 4.99 Å². The number of aromatic nitrogens is 2. The normalized spacial score (nSPS) is 15.8. The minimum Gasteiger partial charge on any atom is -0.338 e. The third-order valence-electron chi connectivity index (χ3n) is 6.29. The van der Waals surface area contributed by atoms with Crippen LogP contribution in [-0.4, -0.2) is 51.3 Å². The van der Waals surface area contributed by atoms with Gasteiger partial charge in [-0.1, -0.05) is 48.5 Å². The SMILES string of the molecule is Cc1ccccc1N=C(NC#N)N1CCN(C(=O)c2csc(-c3ccncc3)n2)C(c2ccccc2)C1. The van der Waals surface area contributed by atoms with Gasteiger partial charge in [0.05, 0.1) is 11.7 Å². The fourth-order valence-corrected chi connectivity index (χ4v) is 5.16. The zero-order valence-corrected chi connectivity index (χ0v) is 21.1. The van der Waals surface area contributed by atoms with Crippen LogP contribution >= 0.6 is 11.3 Å². The van der Waals surface area contributed by atoms with Gasteiger partial charge in [-0.25, -0.2) is 9.98 Å². The van der Waals surface area contributed by atoms with Crippen molar-refractivity contribution in [1.82, 2.24) is 25.1 Å². The zero-order valence-electron chi connectivity index (χ0n) is 20.3. The maximum absolute atomic E-state index is 13.7. The van der Waals surface area contributed by atoms with Gasteiger partial charge in [0.2, 0.25) is 5.96 Å². The molecule has 8 nitrogen and oxygen atoms in total. The van der Waals surface area contributed by atoms with Crippen molar-refractivity contribution in [3.8, 4) is 16.8 Å². The minimum atomic E-state index is -0.240. The quantitative estimate of drug-likeness (QED) is 0.185. The summed E-state index contributed by atoms with van der Waals surface area (Å²) in [6.07, 6.45) is 5.45. The van der Waals surface area contributed by atoms with Crippen molar-refractivity contribution >= 4 is 28.9 Å². The van der Waals surface area contributed by atoms with E-state index in [0.29, 0.717) is 31.3 Å². The molecule has 1 N–H and O–H groups in total. The number of hydrogen-bond donors (Lipinski definition) is 1. The number of guanidine groups is 1. The van der Waals surface area contributed by atoms with Crippen molar-refractivity contribution < 1.29 is 4.79 Å². The van der Waals surface area contributed by atoms with Crippen LogP contribution in [0.3, 0.4) is 0 Å². The molecule has 1 fully saturated rings. The lowest BCUT2D eigenvalue weighted by molar-refractivity contribution is 0.0542. The number of nitriles is 1. The van der Waals surface area contributed by atoms with E-state index in [4.69, 9.17) is 4.99 Å². The van der Waals surface area contributed by atoms with Gasteiger partial charge >= 0.3 is 0 Å². The average Bonchev–Trinajstić information content (AvgIpc) is 3.45. The van der Waals surface area contributed by atoms with Gasteiger partial charge in [0.15, 0.2) is 6.19 Å². The van der Waals surface area contributed by atoms with Gasteiger partial charge in [-0.3, -0.25) is 15.1 Å². The van der Waals surface area contributed by atoms with Gasteiger partial charge in [-0.2, -0.15) is 5.26 Å². The molecule has 1 aliphatic rings. The standard InChI is InChI=1S/C28H25N7OS/c1-20-7-5-6-10-23(20)33-28(31-19-29)34-15-16-35(25(17-34)21-8-3-2-4-9-21)27(36)24-18-37-26(32-24)22-11-13-30-14-12-22/h2-14,18,25H,15-17H2,1H3,(H,31,33). The molecule has 1 amide bonds. The van der Waals surface area contributed by atoms with Crippen LogP contribution < -0.4 is 5.32 Å². The molecular weight excluding hydrogens is 482 g/mol. The predicted molar refractivity (Wildman–Crippen MR) is 144 cm³/mol. The van der Waals surface area contributed by atoms with Crippen LogP contribution in [0, 0.1) is 18.4 Å². The maximum atomic E-state index is 13.7. The molecule has 4 aromatic rings. The second-order valence-electron chi connectivity index (χ2n) is 8.60. The first kappa shape index (κ1) is 24.2. The number of nitrogens with one attached hydrogen (secondary N) is 1. The summed E-state index contributed by atoms with van der Waals surface area (Å²) in [5.74, 6) is 0.356. The number of carbonyl (C=O) groups excluding carboxylic acids is 1. The molecule has 2 aromatic heterocycles. The molecule has 0 aliphatic carbocycles. The number of carbonyl (C=O) groups is 1. The first-order valence-electron chi connectivity index (χ1n) is 11.9. The molecule has 9 heteroatoms. The van der Waals surface area contributed by atoms with E-state index in [9.17, 15) is 10.1 Å². The summed E-state index contributed by atoms with van der Waals surface area (Å²) >= 11 is 1.44. The van der Waals surface area contributed by atoms with Crippen LogP contribution in [0.5, 0.6) is 0 Å². The minimum absolute atomic E-state index is 0.115. The van der Waals surface area contributed by atoms with Crippen molar-refractivity contribution in [3.63, 3.8) is 0 Å². The van der Waals surface area contributed by atoms with Crippen LogP contribution in [0.25, 0.3) is 10.6 Å². The van der Waals surface area contributed by atoms with E-state index in [-0.39, 0.29) is 11.9 Å². The topological polar surface area (TPSA) is 97.5 Å².